The summed E-state index contributed by atoms with van der Waals surface area (Å²) in [5.74, 6) is -0.380. The number of rotatable bonds is 6. The van der Waals surface area contributed by atoms with E-state index in [0.29, 0.717) is 16.0 Å². The number of urea groups is 1. The van der Waals surface area contributed by atoms with Gasteiger partial charge in [0, 0.05) is 13.2 Å². The Morgan fingerprint density at radius 1 is 1.50 bits per heavy atom. The Morgan fingerprint density at radius 3 is 3.05 bits per heavy atom. The summed E-state index contributed by atoms with van der Waals surface area (Å²) in [6.07, 6.45) is 2.38. The molecule has 0 aromatic carbocycles. The Morgan fingerprint density at radius 2 is 2.35 bits per heavy atom. The summed E-state index contributed by atoms with van der Waals surface area (Å²) in [6, 6.07) is -0.855. The Hall–Kier alpha value is -1.39. The topological polar surface area (TPSA) is 119 Å². The zero-order valence-corrected chi connectivity index (χ0v) is 12.3. The normalized spacial score (nSPS) is 17.9. The van der Waals surface area contributed by atoms with E-state index in [2.05, 4.69) is 15.5 Å². The lowest BCUT2D eigenvalue weighted by Crippen LogP contribution is -2.36. The SMILES string of the molecule is NC(=O)NC(=O)CSc1nnc(NCC2CCCO2)s1. The number of anilines is 1. The zero-order chi connectivity index (χ0) is 14.4. The van der Waals surface area contributed by atoms with Crippen molar-refractivity contribution in [1.82, 2.24) is 15.5 Å². The minimum atomic E-state index is -0.855. The van der Waals surface area contributed by atoms with E-state index in [4.69, 9.17) is 10.5 Å². The number of imide groups is 1. The highest BCUT2D eigenvalue weighted by molar-refractivity contribution is 8.01. The van der Waals surface area contributed by atoms with Crippen LogP contribution in [0.1, 0.15) is 12.8 Å². The molecule has 1 aromatic rings. The molecule has 0 aliphatic carbocycles. The summed E-state index contributed by atoms with van der Waals surface area (Å²) in [7, 11) is 0. The maximum Gasteiger partial charge on any atom is 0.318 e. The largest absolute Gasteiger partial charge is 0.376 e. The average Bonchev–Trinajstić information content (AvgIpc) is 3.05. The minimum absolute atomic E-state index is 0.0727. The number of amides is 3. The second-order valence-electron chi connectivity index (χ2n) is 4.09. The first kappa shape index (κ1) is 15.0. The van der Waals surface area contributed by atoms with E-state index < -0.39 is 11.9 Å². The van der Waals surface area contributed by atoms with Crippen molar-refractivity contribution in [3.05, 3.63) is 0 Å². The predicted molar refractivity (Wildman–Crippen MR) is 75.8 cm³/mol. The van der Waals surface area contributed by atoms with E-state index in [1.165, 1.54) is 23.1 Å². The molecule has 110 valence electrons. The molecule has 8 nitrogen and oxygen atoms in total. The van der Waals surface area contributed by atoms with Gasteiger partial charge in [-0.15, -0.1) is 10.2 Å². The van der Waals surface area contributed by atoms with Crippen LogP contribution in [0.15, 0.2) is 4.34 Å². The summed E-state index contributed by atoms with van der Waals surface area (Å²) in [5, 5.41) is 13.8. The fraction of sp³-hybridized carbons (Fsp3) is 0.600. The highest BCUT2D eigenvalue weighted by Crippen LogP contribution is 2.25. The van der Waals surface area contributed by atoms with Crippen molar-refractivity contribution in [2.45, 2.75) is 23.3 Å². The monoisotopic (exact) mass is 317 g/mol. The maximum atomic E-state index is 11.2. The number of carbonyl (C=O) groups excluding carboxylic acids is 2. The van der Waals surface area contributed by atoms with E-state index >= 15 is 0 Å². The number of hydrogen-bond acceptors (Lipinski definition) is 8. The van der Waals surface area contributed by atoms with Crippen LogP contribution in [0.5, 0.6) is 0 Å². The molecular formula is C10H15N5O3S2. The first-order valence-corrected chi connectivity index (χ1v) is 7.85. The summed E-state index contributed by atoms with van der Waals surface area (Å²) in [5.41, 5.74) is 4.84. The van der Waals surface area contributed by atoms with Crippen LogP contribution in [-0.4, -0.2) is 47.1 Å². The Balaban J connectivity index is 1.71. The molecule has 0 bridgehead atoms. The van der Waals surface area contributed by atoms with Crippen molar-refractivity contribution < 1.29 is 14.3 Å². The van der Waals surface area contributed by atoms with Crippen LogP contribution < -0.4 is 16.4 Å². The van der Waals surface area contributed by atoms with E-state index in [-0.39, 0.29) is 11.9 Å². The highest BCUT2D eigenvalue weighted by atomic mass is 32.2. The standard InChI is InChI=1S/C10H15N5O3S2/c11-8(17)13-7(16)5-19-10-15-14-9(20-10)12-4-6-2-1-3-18-6/h6H,1-5H2,(H,12,14)(H3,11,13,16,17). The number of nitrogens with zero attached hydrogens (tertiary/aromatic N) is 2. The van der Waals surface area contributed by atoms with Crippen molar-refractivity contribution in [3.63, 3.8) is 0 Å². The van der Waals surface area contributed by atoms with Crippen molar-refractivity contribution in [2.24, 2.45) is 5.73 Å². The second kappa shape index (κ2) is 7.41. The van der Waals surface area contributed by atoms with Gasteiger partial charge in [-0.05, 0) is 12.8 Å². The number of aromatic nitrogens is 2. The second-order valence-corrected chi connectivity index (χ2v) is 6.29. The maximum absolute atomic E-state index is 11.2. The summed E-state index contributed by atoms with van der Waals surface area (Å²) in [6.45, 7) is 1.53. The van der Waals surface area contributed by atoms with Gasteiger partial charge in [-0.1, -0.05) is 23.1 Å². The number of nitrogens with two attached hydrogens (primary N) is 1. The number of carbonyl (C=O) groups is 2. The van der Waals surface area contributed by atoms with Gasteiger partial charge in [-0.2, -0.15) is 0 Å². The van der Waals surface area contributed by atoms with Crippen molar-refractivity contribution in [2.75, 3.05) is 24.2 Å². The molecule has 1 aliphatic heterocycles. The molecule has 2 rings (SSSR count). The molecule has 10 heteroatoms. The molecule has 0 saturated carbocycles. The van der Waals surface area contributed by atoms with E-state index in [0.717, 1.165) is 19.4 Å². The lowest BCUT2D eigenvalue weighted by atomic mass is 10.2. The Bertz CT molecular complexity index is 475. The van der Waals surface area contributed by atoms with Gasteiger partial charge in [0.2, 0.25) is 11.0 Å². The fourth-order valence-electron chi connectivity index (χ4n) is 1.65. The van der Waals surface area contributed by atoms with Gasteiger partial charge in [-0.3, -0.25) is 10.1 Å². The van der Waals surface area contributed by atoms with Crippen LogP contribution in [0.2, 0.25) is 0 Å². The number of nitrogens with one attached hydrogen (secondary N) is 2. The van der Waals surface area contributed by atoms with Crippen LogP contribution in [0, 0.1) is 0 Å². The molecular weight excluding hydrogens is 302 g/mol. The number of ether oxygens (including phenoxy) is 1. The molecule has 1 atom stereocenters. The average molecular weight is 317 g/mol. The van der Waals surface area contributed by atoms with E-state index in [9.17, 15) is 9.59 Å². The van der Waals surface area contributed by atoms with Gasteiger partial charge in [0.15, 0.2) is 4.34 Å². The number of primary amides is 1. The summed E-state index contributed by atoms with van der Waals surface area (Å²) < 4.78 is 6.14. The Kier molecular flexibility index (Phi) is 5.56. The first-order valence-electron chi connectivity index (χ1n) is 6.04. The van der Waals surface area contributed by atoms with Crippen LogP contribution >= 0.6 is 23.1 Å². The number of thioether (sulfide) groups is 1. The van der Waals surface area contributed by atoms with Crippen LogP contribution in [0.3, 0.4) is 0 Å². The van der Waals surface area contributed by atoms with Gasteiger partial charge in [0.25, 0.3) is 0 Å². The smallest absolute Gasteiger partial charge is 0.318 e. The van der Waals surface area contributed by atoms with Gasteiger partial charge >= 0.3 is 6.03 Å². The van der Waals surface area contributed by atoms with Gasteiger partial charge in [0.05, 0.1) is 11.9 Å². The third-order valence-corrected chi connectivity index (χ3v) is 4.52. The summed E-state index contributed by atoms with van der Waals surface area (Å²) >= 11 is 2.56. The van der Waals surface area contributed by atoms with Crippen molar-refractivity contribution in [1.29, 1.82) is 0 Å². The van der Waals surface area contributed by atoms with E-state index in [1.807, 2.05) is 5.32 Å². The molecule has 0 spiro atoms. The summed E-state index contributed by atoms with van der Waals surface area (Å²) in [4.78, 5) is 21.7. The molecule has 2 heterocycles. The molecule has 1 unspecified atom stereocenters. The molecule has 0 radical (unpaired) electrons. The van der Waals surface area contributed by atoms with Crippen molar-refractivity contribution in [3.8, 4) is 0 Å². The molecule has 1 saturated heterocycles. The molecule has 1 aliphatic rings. The van der Waals surface area contributed by atoms with Gasteiger partial charge in [-0.25, -0.2) is 4.79 Å². The highest BCUT2D eigenvalue weighted by Gasteiger charge is 2.16. The lowest BCUT2D eigenvalue weighted by molar-refractivity contribution is -0.117. The van der Waals surface area contributed by atoms with Crippen LogP contribution in [0.25, 0.3) is 0 Å². The Labute approximate surface area is 123 Å². The quantitative estimate of drug-likeness (QED) is 0.650. The molecule has 3 amide bonds. The third-order valence-electron chi connectivity index (χ3n) is 2.50. The number of hydrogen-bond donors (Lipinski definition) is 3. The van der Waals surface area contributed by atoms with E-state index in [1.54, 1.807) is 0 Å². The fourth-order valence-corrected chi connectivity index (χ4v) is 3.21. The zero-order valence-electron chi connectivity index (χ0n) is 10.6. The van der Waals surface area contributed by atoms with Crippen LogP contribution in [0.4, 0.5) is 9.93 Å². The molecule has 1 aromatic heterocycles. The molecule has 1 fully saturated rings. The molecule has 20 heavy (non-hydrogen) atoms. The van der Waals surface area contributed by atoms with Crippen LogP contribution in [-0.2, 0) is 9.53 Å². The third kappa shape index (κ3) is 4.94. The van der Waals surface area contributed by atoms with Gasteiger partial charge in [0.1, 0.15) is 0 Å². The minimum Gasteiger partial charge on any atom is -0.376 e. The molecule has 4 N–H and O–H groups in total. The van der Waals surface area contributed by atoms with Crippen molar-refractivity contribution >= 4 is 40.2 Å². The first-order chi connectivity index (χ1) is 9.63. The van der Waals surface area contributed by atoms with Gasteiger partial charge < -0.3 is 15.8 Å². The lowest BCUT2D eigenvalue weighted by Gasteiger charge is -2.08. The predicted octanol–water partition coefficient (Wildman–Crippen LogP) is 0.416.